The van der Waals surface area contributed by atoms with E-state index >= 15 is 0 Å². The Hall–Kier alpha value is -2.81. The maximum atomic E-state index is 11.3. The Morgan fingerprint density at radius 1 is 0.833 bits per heavy atom. The van der Waals surface area contributed by atoms with Gasteiger partial charge in [0.15, 0.2) is 0 Å². The summed E-state index contributed by atoms with van der Waals surface area (Å²) < 4.78 is 0. The summed E-state index contributed by atoms with van der Waals surface area (Å²) in [6, 6.07) is 9.72. The van der Waals surface area contributed by atoms with Gasteiger partial charge in [-0.25, -0.2) is 4.79 Å². The third-order valence-corrected chi connectivity index (χ3v) is 4.60. The van der Waals surface area contributed by atoms with Crippen LogP contribution in [0.4, 0.5) is 0 Å². The number of allylic oxidation sites excluding steroid dienone is 9. The van der Waals surface area contributed by atoms with Gasteiger partial charge < -0.3 is 10.4 Å². The lowest BCUT2D eigenvalue weighted by Crippen LogP contribution is -2.19. The van der Waals surface area contributed by atoms with E-state index in [1.807, 2.05) is 60.7 Å². The third-order valence-electron chi connectivity index (χ3n) is 4.60. The van der Waals surface area contributed by atoms with Crippen LogP contribution in [0.25, 0.3) is 0 Å². The topological polar surface area (TPSA) is 49.3 Å². The molecule has 0 saturated heterocycles. The van der Waals surface area contributed by atoms with Crippen molar-refractivity contribution in [2.24, 2.45) is 0 Å². The summed E-state index contributed by atoms with van der Waals surface area (Å²) in [6.07, 6.45) is 27.8. The Morgan fingerprint density at radius 3 is 2.10 bits per heavy atom. The first-order valence-corrected chi connectivity index (χ1v) is 11.1. The molecular weight excluding hydrogens is 370 g/mol. The van der Waals surface area contributed by atoms with Crippen molar-refractivity contribution in [2.45, 2.75) is 64.8 Å². The normalized spacial score (nSPS) is 12.6. The van der Waals surface area contributed by atoms with Gasteiger partial charge in [0.1, 0.15) is 5.70 Å². The minimum Gasteiger partial charge on any atom is -0.477 e. The van der Waals surface area contributed by atoms with Crippen molar-refractivity contribution in [1.82, 2.24) is 5.32 Å². The molecule has 0 fully saturated rings. The molecule has 1 aromatic carbocycles. The number of hydrogen-bond donors (Lipinski definition) is 2. The van der Waals surface area contributed by atoms with Crippen LogP contribution in [0.15, 0.2) is 90.7 Å². The fraction of sp³-hybridized carbons (Fsp3) is 0.370. The first kappa shape index (κ1) is 25.2. The number of benzene rings is 1. The number of aliphatic carboxylic acids is 1. The molecule has 0 aliphatic carbocycles. The van der Waals surface area contributed by atoms with Gasteiger partial charge >= 0.3 is 5.97 Å². The highest BCUT2D eigenvalue weighted by molar-refractivity contribution is 5.86. The van der Waals surface area contributed by atoms with Crippen LogP contribution in [-0.4, -0.2) is 11.1 Å². The molecule has 162 valence electrons. The zero-order valence-corrected chi connectivity index (χ0v) is 18.3. The second kappa shape index (κ2) is 18.2. The molecule has 0 aromatic heterocycles. The zero-order valence-electron chi connectivity index (χ0n) is 18.3. The summed E-state index contributed by atoms with van der Waals surface area (Å²) in [6.45, 7) is 2.73. The van der Waals surface area contributed by atoms with E-state index in [1.54, 1.807) is 12.2 Å². The molecule has 3 nitrogen and oxygen atoms in total. The number of carbonyl (C=O) groups is 1. The van der Waals surface area contributed by atoms with Gasteiger partial charge in [-0.3, -0.25) is 0 Å². The van der Waals surface area contributed by atoms with Crippen LogP contribution in [0.3, 0.4) is 0 Å². The Labute approximate surface area is 182 Å². The number of carboxylic acid groups (broad SMARTS) is 1. The van der Waals surface area contributed by atoms with Gasteiger partial charge in [0, 0.05) is 6.54 Å². The number of hydrogen-bond acceptors (Lipinski definition) is 2. The average molecular weight is 408 g/mol. The third kappa shape index (κ3) is 14.2. The van der Waals surface area contributed by atoms with Crippen LogP contribution in [0, 0.1) is 0 Å². The van der Waals surface area contributed by atoms with Gasteiger partial charge in [-0.05, 0) is 24.5 Å². The Bertz CT molecular complexity index is 712. The molecule has 0 atom stereocenters. The maximum absolute atomic E-state index is 11.3. The van der Waals surface area contributed by atoms with E-state index in [1.165, 1.54) is 44.9 Å². The summed E-state index contributed by atoms with van der Waals surface area (Å²) in [5.41, 5.74) is 1.21. The average Bonchev–Trinajstić information content (AvgIpc) is 2.76. The van der Waals surface area contributed by atoms with Crippen LogP contribution in [0.5, 0.6) is 0 Å². The summed E-state index contributed by atoms with van der Waals surface area (Å²) >= 11 is 0. The SMILES string of the molecule is CCCCCCCCCC=CC=CC=CC=CC=C(NCc1ccccc1)C(=O)O. The Morgan fingerprint density at radius 2 is 1.43 bits per heavy atom. The number of rotatable bonds is 16. The second-order valence-electron chi connectivity index (χ2n) is 7.22. The van der Waals surface area contributed by atoms with Crippen molar-refractivity contribution in [3.05, 3.63) is 96.3 Å². The van der Waals surface area contributed by atoms with Gasteiger partial charge in [-0.1, -0.05) is 124 Å². The number of nitrogens with one attached hydrogen (secondary N) is 1. The van der Waals surface area contributed by atoms with Crippen LogP contribution >= 0.6 is 0 Å². The Balaban J connectivity index is 2.21. The van der Waals surface area contributed by atoms with E-state index in [4.69, 9.17) is 0 Å². The monoisotopic (exact) mass is 407 g/mol. The molecule has 0 heterocycles. The first-order chi connectivity index (χ1) is 14.7. The van der Waals surface area contributed by atoms with Crippen LogP contribution in [0.2, 0.25) is 0 Å². The van der Waals surface area contributed by atoms with Gasteiger partial charge in [-0.15, -0.1) is 0 Å². The van der Waals surface area contributed by atoms with Crippen molar-refractivity contribution in [2.75, 3.05) is 0 Å². The molecule has 0 unspecified atom stereocenters. The lowest BCUT2D eigenvalue weighted by atomic mass is 10.1. The minimum absolute atomic E-state index is 0.173. The summed E-state index contributed by atoms with van der Waals surface area (Å²) in [7, 11) is 0. The molecular formula is C27H37NO2. The van der Waals surface area contributed by atoms with Crippen molar-refractivity contribution in [3.8, 4) is 0 Å². The van der Waals surface area contributed by atoms with Crippen LogP contribution in [-0.2, 0) is 11.3 Å². The van der Waals surface area contributed by atoms with Gasteiger partial charge in [-0.2, -0.15) is 0 Å². The summed E-state index contributed by atoms with van der Waals surface area (Å²) in [5, 5.41) is 12.2. The highest BCUT2D eigenvalue weighted by Crippen LogP contribution is 2.08. The smallest absolute Gasteiger partial charge is 0.351 e. The predicted octanol–water partition coefficient (Wildman–Crippen LogP) is 7.11. The zero-order chi connectivity index (χ0) is 21.7. The standard InChI is InChI=1S/C27H37NO2/c1-2-3-4-5-6-7-8-9-10-11-12-13-14-15-16-20-23-26(27(29)30)28-24-25-21-18-17-19-22-25/h10-23,28H,2-9,24H2,1H3,(H,29,30). The van der Waals surface area contributed by atoms with Crippen molar-refractivity contribution >= 4 is 5.97 Å². The largest absolute Gasteiger partial charge is 0.477 e. The first-order valence-electron chi connectivity index (χ1n) is 11.1. The van der Waals surface area contributed by atoms with Crippen molar-refractivity contribution in [3.63, 3.8) is 0 Å². The molecule has 0 spiro atoms. The van der Waals surface area contributed by atoms with E-state index < -0.39 is 5.97 Å². The van der Waals surface area contributed by atoms with Gasteiger partial charge in [0.25, 0.3) is 0 Å². The number of carboxylic acids is 1. The van der Waals surface area contributed by atoms with Gasteiger partial charge in [0.05, 0.1) is 0 Å². The van der Waals surface area contributed by atoms with E-state index in [9.17, 15) is 9.90 Å². The quantitative estimate of drug-likeness (QED) is 0.174. The predicted molar refractivity (Wildman–Crippen MR) is 128 cm³/mol. The van der Waals surface area contributed by atoms with Crippen LogP contribution in [0.1, 0.15) is 63.9 Å². The highest BCUT2D eigenvalue weighted by atomic mass is 16.4. The number of unbranched alkanes of at least 4 members (excludes halogenated alkanes) is 7. The Kier molecular flexibility index (Phi) is 15.3. The van der Waals surface area contributed by atoms with Crippen molar-refractivity contribution < 1.29 is 9.90 Å². The highest BCUT2D eigenvalue weighted by Gasteiger charge is 2.04. The molecule has 2 N–H and O–H groups in total. The molecule has 0 saturated carbocycles. The van der Waals surface area contributed by atoms with E-state index in [2.05, 4.69) is 24.4 Å². The molecule has 1 aromatic rings. The summed E-state index contributed by atoms with van der Waals surface area (Å²) in [4.78, 5) is 11.3. The fourth-order valence-corrected chi connectivity index (χ4v) is 2.87. The molecule has 0 amide bonds. The lowest BCUT2D eigenvalue weighted by Gasteiger charge is -2.06. The van der Waals surface area contributed by atoms with E-state index in [0.717, 1.165) is 12.0 Å². The second-order valence-corrected chi connectivity index (χ2v) is 7.22. The van der Waals surface area contributed by atoms with Crippen LogP contribution < -0.4 is 5.32 Å². The minimum atomic E-state index is -0.967. The van der Waals surface area contributed by atoms with E-state index in [-0.39, 0.29) is 5.70 Å². The molecule has 0 aliphatic rings. The molecule has 0 radical (unpaired) electrons. The molecule has 30 heavy (non-hydrogen) atoms. The van der Waals surface area contributed by atoms with Gasteiger partial charge in [0.2, 0.25) is 0 Å². The van der Waals surface area contributed by atoms with Crippen molar-refractivity contribution in [1.29, 1.82) is 0 Å². The van der Waals surface area contributed by atoms with E-state index in [0.29, 0.717) is 6.54 Å². The molecule has 3 heteroatoms. The lowest BCUT2D eigenvalue weighted by molar-refractivity contribution is -0.133. The fourth-order valence-electron chi connectivity index (χ4n) is 2.87. The summed E-state index contributed by atoms with van der Waals surface area (Å²) in [5.74, 6) is -0.967. The molecule has 1 rings (SSSR count). The molecule has 0 aliphatic heterocycles. The maximum Gasteiger partial charge on any atom is 0.351 e. The molecule has 0 bridgehead atoms.